The molecule has 0 atom stereocenters. The Hall–Kier alpha value is -6.97. The second-order valence-corrected chi connectivity index (χ2v) is 14.8. The normalized spacial score (nSPS) is 12.7. The number of benzene rings is 7. The van der Waals surface area contributed by atoms with Crippen molar-refractivity contribution in [3.8, 4) is 78.4 Å². The lowest BCUT2D eigenvalue weighted by molar-refractivity contribution is 0.662. The molecule has 0 saturated heterocycles. The van der Waals surface area contributed by atoms with Gasteiger partial charge in [0.1, 0.15) is 0 Å². The molecule has 1 aliphatic carbocycles. The van der Waals surface area contributed by atoms with Gasteiger partial charge in [-0.25, -0.2) is 9.97 Å². The van der Waals surface area contributed by atoms with Gasteiger partial charge >= 0.3 is 0 Å². The van der Waals surface area contributed by atoms with Crippen LogP contribution in [0.5, 0.6) is 0 Å². The van der Waals surface area contributed by atoms with Crippen molar-refractivity contribution in [3.05, 3.63) is 199 Å². The summed E-state index contributed by atoms with van der Waals surface area (Å²) in [4.78, 5) is 14.7. The van der Waals surface area contributed by atoms with Crippen LogP contribution in [0.25, 0.3) is 89.2 Å². The quantitative estimate of drug-likeness (QED) is 0.173. The zero-order valence-corrected chi connectivity index (χ0v) is 30.7. The summed E-state index contributed by atoms with van der Waals surface area (Å²) in [6.07, 6.45) is 3.70. The van der Waals surface area contributed by atoms with E-state index in [1.54, 1.807) is 6.20 Å². The van der Waals surface area contributed by atoms with E-state index in [0.29, 0.717) is 5.82 Å². The monoisotopic (exact) mass is 703 g/mol. The molecular formula is C52H37N3. The Labute approximate surface area is 321 Å². The molecule has 0 radical (unpaired) electrons. The van der Waals surface area contributed by atoms with E-state index < -0.39 is 0 Å². The van der Waals surface area contributed by atoms with Crippen molar-refractivity contribution in [1.82, 2.24) is 15.0 Å². The van der Waals surface area contributed by atoms with Gasteiger partial charge in [-0.1, -0.05) is 166 Å². The molecule has 2 heterocycles. The molecule has 1 aliphatic rings. The third-order valence-electron chi connectivity index (χ3n) is 11.2. The first kappa shape index (κ1) is 32.7. The average molecular weight is 704 g/mol. The summed E-state index contributed by atoms with van der Waals surface area (Å²) in [7, 11) is 0. The van der Waals surface area contributed by atoms with Gasteiger partial charge in [-0.3, -0.25) is 4.98 Å². The largest absolute Gasteiger partial charge is 0.264 e. The molecule has 0 fully saturated rings. The Morgan fingerprint density at radius 3 is 1.78 bits per heavy atom. The van der Waals surface area contributed by atoms with Crippen molar-refractivity contribution in [2.24, 2.45) is 0 Å². The van der Waals surface area contributed by atoms with Gasteiger partial charge in [0.25, 0.3) is 0 Å². The minimum Gasteiger partial charge on any atom is -0.264 e. The van der Waals surface area contributed by atoms with Crippen LogP contribution in [0.3, 0.4) is 0 Å². The molecule has 55 heavy (non-hydrogen) atoms. The van der Waals surface area contributed by atoms with Crippen molar-refractivity contribution in [2.45, 2.75) is 19.3 Å². The highest BCUT2D eigenvalue weighted by Gasteiger charge is 2.37. The zero-order chi connectivity index (χ0) is 36.9. The Kier molecular flexibility index (Phi) is 7.81. The van der Waals surface area contributed by atoms with E-state index in [1.165, 1.54) is 49.9 Å². The van der Waals surface area contributed by atoms with E-state index in [0.717, 1.165) is 44.6 Å². The lowest BCUT2D eigenvalue weighted by Gasteiger charge is -2.24. The van der Waals surface area contributed by atoms with E-state index in [9.17, 15) is 0 Å². The molecule has 0 bridgehead atoms. The molecule has 0 N–H and O–H groups in total. The molecular weight excluding hydrogens is 667 g/mol. The zero-order valence-electron chi connectivity index (χ0n) is 30.7. The summed E-state index contributed by atoms with van der Waals surface area (Å²) in [5.41, 5.74) is 17.2. The summed E-state index contributed by atoms with van der Waals surface area (Å²) in [5.74, 6) is 0.696. The maximum atomic E-state index is 5.23. The van der Waals surface area contributed by atoms with Crippen LogP contribution in [0, 0.1) is 0 Å². The fraction of sp³-hybridized carbons (Fsp3) is 0.0577. The van der Waals surface area contributed by atoms with E-state index >= 15 is 0 Å². The molecule has 260 valence electrons. The highest BCUT2D eigenvalue weighted by Crippen LogP contribution is 2.52. The number of rotatable bonds is 6. The third-order valence-corrected chi connectivity index (χ3v) is 11.2. The minimum absolute atomic E-state index is 0.0953. The van der Waals surface area contributed by atoms with Gasteiger partial charge in [0.2, 0.25) is 0 Å². The molecule has 9 aromatic rings. The van der Waals surface area contributed by atoms with Crippen molar-refractivity contribution in [3.63, 3.8) is 0 Å². The maximum Gasteiger partial charge on any atom is 0.160 e. The van der Waals surface area contributed by atoms with Crippen LogP contribution in [0.15, 0.2) is 188 Å². The first-order chi connectivity index (χ1) is 27.0. The van der Waals surface area contributed by atoms with E-state index in [1.807, 2.05) is 30.5 Å². The molecule has 0 spiro atoms. The Bertz CT molecular complexity index is 2890. The maximum absolute atomic E-state index is 5.23. The van der Waals surface area contributed by atoms with E-state index in [-0.39, 0.29) is 5.41 Å². The first-order valence-corrected chi connectivity index (χ1v) is 18.8. The Morgan fingerprint density at radius 1 is 0.382 bits per heavy atom. The molecule has 3 nitrogen and oxygen atoms in total. The van der Waals surface area contributed by atoms with Crippen LogP contribution in [0.1, 0.15) is 25.0 Å². The fourth-order valence-electron chi connectivity index (χ4n) is 8.56. The van der Waals surface area contributed by atoms with Crippen molar-refractivity contribution >= 4 is 10.8 Å². The van der Waals surface area contributed by atoms with Gasteiger partial charge in [0.15, 0.2) is 5.82 Å². The minimum atomic E-state index is -0.0953. The van der Waals surface area contributed by atoms with Gasteiger partial charge in [0, 0.05) is 40.1 Å². The van der Waals surface area contributed by atoms with Crippen LogP contribution in [-0.4, -0.2) is 15.0 Å². The van der Waals surface area contributed by atoms with Crippen LogP contribution in [0.4, 0.5) is 0 Å². The predicted molar refractivity (Wildman–Crippen MR) is 228 cm³/mol. The highest BCUT2D eigenvalue weighted by molar-refractivity contribution is 6.05. The summed E-state index contributed by atoms with van der Waals surface area (Å²) in [6, 6.07) is 62.8. The molecule has 0 saturated carbocycles. The number of aromatic nitrogens is 3. The average Bonchev–Trinajstić information content (AvgIpc) is 3.50. The Balaban J connectivity index is 1.10. The van der Waals surface area contributed by atoms with Crippen LogP contribution in [0.2, 0.25) is 0 Å². The van der Waals surface area contributed by atoms with Crippen LogP contribution < -0.4 is 0 Å². The number of fused-ring (bicyclic) bond motifs is 4. The molecule has 0 aliphatic heterocycles. The van der Waals surface area contributed by atoms with Gasteiger partial charge in [0.05, 0.1) is 11.4 Å². The molecule has 0 unspecified atom stereocenters. The summed E-state index contributed by atoms with van der Waals surface area (Å²) >= 11 is 0. The lowest BCUT2D eigenvalue weighted by Crippen LogP contribution is -2.16. The second kappa shape index (κ2) is 13.2. The van der Waals surface area contributed by atoms with E-state index in [2.05, 4.69) is 170 Å². The molecule has 3 heteroatoms. The van der Waals surface area contributed by atoms with Crippen LogP contribution in [-0.2, 0) is 5.41 Å². The molecule has 7 aromatic carbocycles. The van der Waals surface area contributed by atoms with Gasteiger partial charge in [-0.2, -0.15) is 0 Å². The summed E-state index contributed by atoms with van der Waals surface area (Å²) < 4.78 is 0. The van der Waals surface area contributed by atoms with E-state index in [4.69, 9.17) is 9.97 Å². The van der Waals surface area contributed by atoms with Crippen LogP contribution >= 0.6 is 0 Å². The first-order valence-electron chi connectivity index (χ1n) is 18.8. The second-order valence-electron chi connectivity index (χ2n) is 14.8. The fourth-order valence-corrected chi connectivity index (χ4v) is 8.56. The predicted octanol–water partition coefficient (Wildman–Crippen LogP) is 13.3. The topological polar surface area (TPSA) is 38.7 Å². The summed E-state index contributed by atoms with van der Waals surface area (Å²) in [5, 5.41) is 2.33. The van der Waals surface area contributed by atoms with Gasteiger partial charge in [-0.15, -0.1) is 0 Å². The highest BCUT2D eigenvalue weighted by atomic mass is 14.9. The van der Waals surface area contributed by atoms with Gasteiger partial charge < -0.3 is 0 Å². The van der Waals surface area contributed by atoms with Gasteiger partial charge in [-0.05, 0) is 85.1 Å². The molecule has 0 amide bonds. The number of hydrogen-bond donors (Lipinski definition) is 0. The van der Waals surface area contributed by atoms with Crippen molar-refractivity contribution in [1.29, 1.82) is 0 Å². The molecule has 2 aromatic heterocycles. The summed E-state index contributed by atoms with van der Waals surface area (Å²) in [6.45, 7) is 4.72. The standard InChI is InChI=1S/C52H37N3/c1-52(2)47-26-9-8-23-44(47)46-25-12-24-41(50(46)52)37-18-11-17-36(31-37)40-27-28-45(43-22-7-6-21-42(40)43)49-32-48(54-51(55-49)34-14-4-3-5-15-34)38-19-10-16-35(30-38)39-20-13-29-53-33-39/h3-33H,1-2H3. The SMILES string of the molecule is CC1(C)c2ccccc2-c2cccc(-c3cccc(-c4ccc(-c5cc(-c6cccc(-c7cccnc7)c6)nc(-c6ccccc6)n5)c5ccccc45)c3)c21. The smallest absolute Gasteiger partial charge is 0.160 e. The third kappa shape index (κ3) is 5.64. The number of nitrogens with zero attached hydrogens (tertiary/aromatic N) is 3. The lowest BCUT2D eigenvalue weighted by atomic mass is 9.78. The van der Waals surface area contributed by atoms with Crippen molar-refractivity contribution < 1.29 is 0 Å². The number of pyridine rings is 1. The Morgan fingerprint density at radius 2 is 0.964 bits per heavy atom. The molecule has 10 rings (SSSR count). The number of hydrogen-bond acceptors (Lipinski definition) is 3. The van der Waals surface area contributed by atoms with Crippen molar-refractivity contribution in [2.75, 3.05) is 0 Å².